The lowest BCUT2D eigenvalue weighted by Crippen LogP contribution is -2.30. The smallest absolute Gasteiger partial charge is 0.298 e. The predicted molar refractivity (Wildman–Crippen MR) is 517 cm³/mol. The van der Waals surface area contributed by atoms with E-state index in [0.717, 1.165) is 156 Å². The number of fused-ring (bicyclic) bond motifs is 16. The Labute approximate surface area is 740 Å². The number of imidazole rings is 4. The SMILES string of the molecule is Cc1cc2c(cn1)oc1c(-c3n(-c4ccccc4C)c4ccccc4[n+]3C)c(C)ccc12.Cc1cc2c(oc3c(-c4n(-c5ccccc5C)c5ccccc5[n+]4C)c(C)ccc32)c(C)n1.Cc1ccccc1-n1c(-c2c(C)ccc3c2oc2c(C)nccc23)[n+](C)c2ccccc21.Cc1ccccc1-n1c(-c2c(C)ccc3c2oc2cnccc23)[n+](C)c2ccccc21. The highest BCUT2D eigenvalue weighted by molar-refractivity contribution is 6.14. The standard InChI is InChI=1S/C29H26N3O.2C28H24N3O.C27H22N3O/c1-17-10-6-7-11-23(17)32-25-13-9-8-12-24(25)31(5)29(32)26-18(2)14-15-21-22-16-19(3)30-20(4)27(22)33-28(21)26;1-17-9-5-6-10-22(17)31-24-12-8-7-11-23(24)30(4)28(31)26-18(2)13-14-20-21-15-19(3)29-16-25(21)32-27(20)26;1-17-9-5-6-10-22(17)31-24-12-8-7-11-23(24)30(4)28(31)25-18(2)13-14-20-21-15-16-29-19(3)26(21)32-27(20)25;1-17-8-4-5-9-21(17)30-23-11-7-6-10-22(23)29(3)27(30)25-18(2)12-13-20-19-14-15-28-16-24(19)31-26(20)25/h6-16H,1-5H3;2*5-16H,1-4H3;4-16H,1-3H3/q4*+1. The van der Waals surface area contributed by atoms with Gasteiger partial charge in [0.2, 0.25) is 0 Å². The molecule has 0 spiro atoms. The summed E-state index contributed by atoms with van der Waals surface area (Å²) < 4.78 is 44.6. The Morgan fingerprint density at radius 1 is 0.242 bits per heavy atom. The molecule has 0 aliphatic heterocycles. The van der Waals surface area contributed by atoms with Gasteiger partial charge in [-0.25, -0.2) is 18.3 Å². The summed E-state index contributed by atoms with van der Waals surface area (Å²) in [6, 6.07) is 94.2. The molecule has 24 aromatic rings. The van der Waals surface area contributed by atoms with Crippen molar-refractivity contribution in [2.24, 2.45) is 28.2 Å². The van der Waals surface area contributed by atoms with Gasteiger partial charge >= 0.3 is 0 Å². The molecule has 0 N–H and O–H groups in total. The highest BCUT2D eigenvalue weighted by Crippen LogP contribution is 2.46. The third-order valence-electron chi connectivity index (χ3n) is 26.0. The van der Waals surface area contributed by atoms with Gasteiger partial charge in [-0.2, -0.15) is 18.3 Å². The summed E-state index contributed by atoms with van der Waals surface area (Å²) in [6.07, 6.45) is 7.31. The molecular formula is C112H96N12O4+4. The van der Waals surface area contributed by atoms with E-state index in [1.54, 1.807) is 6.20 Å². The quantitative estimate of drug-likeness (QED) is 0.137. The molecule has 0 radical (unpaired) electrons. The Bertz CT molecular complexity index is 8680. The number of pyridine rings is 4. The van der Waals surface area contributed by atoms with Crippen LogP contribution in [0.25, 0.3) is 200 Å². The van der Waals surface area contributed by atoms with Crippen LogP contribution in [0.5, 0.6) is 0 Å². The number of hydrogen-bond donors (Lipinski definition) is 0. The minimum atomic E-state index is 0.811. The van der Waals surface area contributed by atoms with E-state index in [9.17, 15) is 0 Å². The Morgan fingerprint density at radius 3 is 0.938 bits per heavy atom. The van der Waals surface area contributed by atoms with Gasteiger partial charge < -0.3 is 17.7 Å². The van der Waals surface area contributed by atoms with Gasteiger partial charge in [0, 0.05) is 66.9 Å². The van der Waals surface area contributed by atoms with Crippen LogP contribution in [0.4, 0.5) is 0 Å². The molecule has 16 nitrogen and oxygen atoms in total. The molecule has 12 heterocycles. The molecule has 12 aromatic carbocycles. The average molecular weight is 1670 g/mol. The molecule has 16 heteroatoms. The lowest BCUT2D eigenvalue weighted by molar-refractivity contribution is -0.633. The Balaban J connectivity index is 0.000000104. The molecule has 0 bridgehead atoms. The van der Waals surface area contributed by atoms with Crippen LogP contribution < -0.4 is 18.3 Å². The van der Waals surface area contributed by atoms with E-state index in [1.165, 1.54) is 111 Å². The Hall–Kier alpha value is -15.7. The zero-order chi connectivity index (χ0) is 87.9. The van der Waals surface area contributed by atoms with Crippen LogP contribution in [0.15, 0.2) is 309 Å². The second-order valence-electron chi connectivity index (χ2n) is 34.1. The number of para-hydroxylation sites is 12. The largest absolute Gasteiger partial charge is 0.453 e. The van der Waals surface area contributed by atoms with Crippen molar-refractivity contribution in [2.45, 2.75) is 83.1 Å². The van der Waals surface area contributed by atoms with Crippen molar-refractivity contribution in [1.82, 2.24) is 38.2 Å². The van der Waals surface area contributed by atoms with Crippen LogP contribution in [-0.4, -0.2) is 38.2 Å². The lowest BCUT2D eigenvalue weighted by atomic mass is 10.0. The van der Waals surface area contributed by atoms with Crippen molar-refractivity contribution >= 4 is 132 Å². The van der Waals surface area contributed by atoms with Gasteiger partial charge in [-0.3, -0.25) is 19.9 Å². The van der Waals surface area contributed by atoms with E-state index < -0.39 is 0 Å². The van der Waals surface area contributed by atoms with Crippen molar-refractivity contribution in [2.75, 3.05) is 0 Å². The minimum absolute atomic E-state index is 0.811. The second-order valence-corrected chi connectivity index (χ2v) is 34.1. The van der Waals surface area contributed by atoms with Crippen LogP contribution >= 0.6 is 0 Å². The van der Waals surface area contributed by atoms with Crippen LogP contribution in [0.2, 0.25) is 0 Å². The van der Waals surface area contributed by atoms with Gasteiger partial charge in [0.05, 0.1) is 52.0 Å². The molecule has 0 saturated carbocycles. The number of aromatic nitrogens is 12. The summed E-state index contributed by atoms with van der Waals surface area (Å²) in [4.78, 5) is 17.8. The van der Waals surface area contributed by atoms with Crippen LogP contribution in [0.1, 0.15) is 67.3 Å². The van der Waals surface area contributed by atoms with Crippen molar-refractivity contribution in [3.8, 4) is 68.3 Å². The summed E-state index contributed by atoms with van der Waals surface area (Å²) in [5, 5.41) is 8.90. The Kier molecular flexibility index (Phi) is 19.4. The normalized spacial score (nSPS) is 11.8. The highest BCUT2D eigenvalue weighted by Gasteiger charge is 2.37. The maximum absolute atomic E-state index is 6.59. The minimum Gasteiger partial charge on any atom is -0.453 e. The number of hydrogen-bond acceptors (Lipinski definition) is 8. The summed E-state index contributed by atoms with van der Waals surface area (Å²) in [5.41, 5.74) is 38.9. The molecule has 24 rings (SSSR count). The zero-order valence-electron chi connectivity index (χ0n) is 74.7. The van der Waals surface area contributed by atoms with Crippen molar-refractivity contribution in [3.05, 3.63) is 359 Å². The van der Waals surface area contributed by atoms with E-state index in [-0.39, 0.29) is 0 Å². The average Bonchev–Trinajstić information content (AvgIpc) is 1.58. The molecular weight excluding hydrogens is 1580 g/mol. The molecule has 0 saturated heterocycles. The third-order valence-corrected chi connectivity index (χ3v) is 26.0. The first kappa shape index (κ1) is 79.5. The number of benzene rings is 12. The fraction of sp³-hybridized carbons (Fsp3) is 0.143. The van der Waals surface area contributed by atoms with Crippen LogP contribution in [0.3, 0.4) is 0 Å². The van der Waals surface area contributed by atoms with E-state index >= 15 is 0 Å². The summed E-state index contributed by atoms with van der Waals surface area (Å²) in [7, 11) is 8.55. The van der Waals surface area contributed by atoms with E-state index in [2.05, 4.69) is 395 Å². The van der Waals surface area contributed by atoms with Gasteiger partial charge in [0.15, 0.2) is 88.8 Å². The van der Waals surface area contributed by atoms with Crippen LogP contribution in [0, 0.1) is 83.1 Å². The molecule has 0 fully saturated rings. The van der Waals surface area contributed by atoms with Gasteiger partial charge in [0.1, 0.15) is 45.0 Å². The number of nitrogens with zero attached hydrogens (tertiary/aromatic N) is 12. The molecule has 0 amide bonds. The first-order valence-corrected chi connectivity index (χ1v) is 43.6. The maximum atomic E-state index is 6.59. The third kappa shape index (κ3) is 12.7. The first-order valence-electron chi connectivity index (χ1n) is 43.6. The second kappa shape index (κ2) is 31.2. The van der Waals surface area contributed by atoms with E-state index in [0.29, 0.717) is 0 Å². The summed E-state index contributed by atoms with van der Waals surface area (Å²) >= 11 is 0. The zero-order valence-corrected chi connectivity index (χ0v) is 74.7. The monoisotopic (exact) mass is 1670 g/mol. The van der Waals surface area contributed by atoms with E-state index in [1.807, 2.05) is 58.4 Å². The first-order chi connectivity index (χ1) is 62.2. The summed E-state index contributed by atoms with van der Waals surface area (Å²) in [5.74, 6) is 4.42. The molecule has 12 aromatic heterocycles. The van der Waals surface area contributed by atoms with E-state index in [4.69, 9.17) is 17.7 Å². The Morgan fingerprint density at radius 2 is 0.547 bits per heavy atom. The molecule has 0 aliphatic rings. The van der Waals surface area contributed by atoms with Crippen molar-refractivity contribution in [3.63, 3.8) is 0 Å². The lowest BCUT2D eigenvalue weighted by Gasteiger charge is -2.09. The fourth-order valence-corrected chi connectivity index (χ4v) is 19.7. The number of furan rings is 4. The molecule has 0 unspecified atom stereocenters. The topological polar surface area (TPSA) is 139 Å². The van der Waals surface area contributed by atoms with Gasteiger partial charge in [-0.1, -0.05) is 170 Å². The van der Waals surface area contributed by atoms with Crippen molar-refractivity contribution < 1.29 is 35.9 Å². The number of aryl methyl sites for hydroxylation is 16. The van der Waals surface area contributed by atoms with Gasteiger partial charge in [-0.05, 0) is 225 Å². The van der Waals surface area contributed by atoms with Gasteiger partial charge in [-0.15, -0.1) is 0 Å². The molecule has 128 heavy (non-hydrogen) atoms. The van der Waals surface area contributed by atoms with Gasteiger partial charge in [0.25, 0.3) is 23.3 Å². The molecule has 624 valence electrons. The number of rotatable bonds is 8. The molecule has 0 atom stereocenters. The summed E-state index contributed by atoms with van der Waals surface area (Å²) in [6.45, 7) is 25.4. The maximum Gasteiger partial charge on any atom is 0.298 e. The molecule has 0 aliphatic carbocycles. The predicted octanol–water partition coefficient (Wildman–Crippen LogP) is 25.4. The highest BCUT2D eigenvalue weighted by atomic mass is 16.3. The fourth-order valence-electron chi connectivity index (χ4n) is 19.7. The van der Waals surface area contributed by atoms with Crippen molar-refractivity contribution in [1.29, 1.82) is 0 Å². The van der Waals surface area contributed by atoms with Crippen LogP contribution in [-0.2, 0) is 28.2 Å².